The number of carbonyl (C=O) groups excluding carboxylic acids is 2. The Hall–Kier alpha value is -4.77. The van der Waals surface area contributed by atoms with Crippen molar-refractivity contribution in [3.05, 3.63) is 161 Å². The lowest BCUT2D eigenvalue weighted by Crippen LogP contribution is -2.40. The van der Waals surface area contributed by atoms with Crippen molar-refractivity contribution >= 4 is 11.7 Å². The molecule has 1 heterocycles. The van der Waals surface area contributed by atoms with Gasteiger partial charge < -0.3 is 9.88 Å². The second-order valence-electron chi connectivity index (χ2n) is 11.6. The largest absolute Gasteiger partial charge is 0.347 e. The minimum absolute atomic E-state index is 0.0596. The maximum Gasteiger partial charge on any atom is 0.251 e. The number of hydrogen-bond acceptors (Lipinski definition) is 3. The summed E-state index contributed by atoms with van der Waals surface area (Å²) in [6, 6.07) is 38.4. The van der Waals surface area contributed by atoms with Gasteiger partial charge in [0.25, 0.3) is 5.91 Å². The number of rotatable bonds is 10. The molecule has 42 heavy (non-hydrogen) atoms. The van der Waals surface area contributed by atoms with Crippen molar-refractivity contribution in [2.45, 2.75) is 51.1 Å². The lowest BCUT2D eigenvalue weighted by molar-refractivity contribution is 0.0917. The van der Waals surface area contributed by atoms with E-state index in [9.17, 15) is 9.59 Å². The van der Waals surface area contributed by atoms with Gasteiger partial charge in [0.15, 0.2) is 5.78 Å². The molecule has 212 valence electrons. The highest BCUT2D eigenvalue weighted by Crippen LogP contribution is 2.40. The van der Waals surface area contributed by atoms with Crippen LogP contribution in [0.15, 0.2) is 128 Å². The minimum atomic E-state index is -0.605. The first-order valence-electron chi connectivity index (χ1n) is 14.4. The number of hydrogen-bond donors (Lipinski definition) is 1. The van der Waals surface area contributed by atoms with Crippen molar-refractivity contribution in [3.8, 4) is 0 Å². The highest BCUT2D eigenvalue weighted by Gasteiger charge is 2.38. The van der Waals surface area contributed by atoms with Crippen LogP contribution in [0.25, 0.3) is 0 Å². The number of imidazole rings is 1. The summed E-state index contributed by atoms with van der Waals surface area (Å²) in [7, 11) is 0. The molecule has 0 unspecified atom stereocenters. The zero-order valence-corrected chi connectivity index (χ0v) is 24.5. The van der Waals surface area contributed by atoms with E-state index >= 15 is 0 Å². The van der Waals surface area contributed by atoms with Crippen LogP contribution in [0.5, 0.6) is 0 Å². The highest BCUT2D eigenvalue weighted by molar-refractivity contribution is 5.98. The Morgan fingerprint density at radius 3 is 1.64 bits per heavy atom. The van der Waals surface area contributed by atoms with Crippen LogP contribution in [0.4, 0.5) is 0 Å². The van der Waals surface area contributed by atoms with Crippen LogP contribution in [-0.4, -0.2) is 26.8 Å². The van der Waals surface area contributed by atoms with E-state index < -0.39 is 5.54 Å². The molecule has 0 atom stereocenters. The van der Waals surface area contributed by atoms with Gasteiger partial charge in [0, 0.05) is 29.3 Å². The van der Waals surface area contributed by atoms with Crippen molar-refractivity contribution in [2.24, 2.45) is 0 Å². The number of ketones is 1. The zero-order chi connectivity index (χ0) is 29.6. The molecule has 1 N–H and O–H groups in total. The summed E-state index contributed by atoms with van der Waals surface area (Å²) < 4.78 is 2.20. The van der Waals surface area contributed by atoms with Crippen molar-refractivity contribution in [3.63, 3.8) is 0 Å². The number of benzene rings is 4. The third-order valence-electron chi connectivity index (χ3n) is 7.39. The molecule has 0 saturated heterocycles. The Balaban J connectivity index is 1.35. The molecule has 0 bridgehead atoms. The molecule has 0 saturated carbocycles. The number of nitrogens with one attached hydrogen (secondary N) is 1. The van der Waals surface area contributed by atoms with Crippen molar-refractivity contribution in [1.29, 1.82) is 0 Å². The van der Waals surface area contributed by atoms with Gasteiger partial charge in [-0.2, -0.15) is 0 Å². The van der Waals surface area contributed by atoms with E-state index in [-0.39, 0.29) is 17.2 Å². The molecule has 5 heteroatoms. The van der Waals surface area contributed by atoms with Crippen LogP contribution in [0.1, 0.15) is 76.7 Å². The van der Waals surface area contributed by atoms with Crippen molar-refractivity contribution in [2.75, 3.05) is 0 Å². The number of aryl methyl sites for hydroxylation is 1. The Bertz CT molecular complexity index is 1520. The molecule has 0 aliphatic heterocycles. The Kier molecular flexibility index (Phi) is 8.48. The highest BCUT2D eigenvalue weighted by atomic mass is 16.1. The standard InChI is InChI=1S/C37H37N3O2/c1-36(2,3)39-35(42)29-24-22-28(23-25-29)34(41)21-13-20-33-26-40(27-38-33)37(30-14-7-4-8-15-30,31-16-9-5-10-17-31)32-18-11-6-12-19-32/h4-12,14-19,22-27H,13,20-21H2,1-3H3,(H,39,42). The second kappa shape index (κ2) is 12.4. The molecule has 5 aromatic rings. The van der Waals surface area contributed by atoms with E-state index in [1.165, 1.54) is 0 Å². The molecule has 0 fully saturated rings. The van der Waals surface area contributed by atoms with Crippen LogP contribution in [-0.2, 0) is 12.0 Å². The molecule has 0 aliphatic carbocycles. The quantitative estimate of drug-likeness (QED) is 0.144. The fraction of sp³-hybridized carbons (Fsp3) is 0.216. The molecule has 1 aromatic heterocycles. The fourth-order valence-corrected chi connectivity index (χ4v) is 5.46. The summed E-state index contributed by atoms with van der Waals surface area (Å²) in [5.41, 5.74) is 4.59. The Labute approximate surface area is 248 Å². The van der Waals surface area contributed by atoms with Gasteiger partial charge in [0.05, 0.1) is 12.0 Å². The smallest absolute Gasteiger partial charge is 0.251 e. The first-order valence-corrected chi connectivity index (χ1v) is 14.4. The van der Waals surface area contributed by atoms with Crippen LogP contribution in [0.3, 0.4) is 0 Å². The van der Waals surface area contributed by atoms with E-state index in [4.69, 9.17) is 4.98 Å². The predicted molar refractivity (Wildman–Crippen MR) is 168 cm³/mol. The lowest BCUT2D eigenvalue weighted by Gasteiger charge is -2.37. The molecule has 0 radical (unpaired) electrons. The van der Waals surface area contributed by atoms with Crippen LogP contribution >= 0.6 is 0 Å². The van der Waals surface area contributed by atoms with Gasteiger partial charge in [-0.25, -0.2) is 4.98 Å². The third kappa shape index (κ3) is 6.26. The fourth-order valence-electron chi connectivity index (χ4n) is 5.46. The molecule has 5 nitrogen and oxygen atoms in total. The number of aromatic nitrogens is 2. The number of Topliss-reactive ketones (excluding diaryl/α,β-unsaturated/α-hetero) is 1. The molecule has 1 amide bonds. The summed E-state index contributed by atoms with van der Waals surface area (Å²) in [5, 5.41) is 2.95. The van der Waals surface area contributed by atoms with Gasteiger partial charge in [-0.05, 0) is 62.4 Å². The van der Waals surface area contributed by atoms with Gasteiger partial charge in [-0.15, -0.1) is 0 Å². The maximum absolute atomic E-state index is 12.9. The Morgan fingerprint density at radius 1 is 0.690 bits per heavy atom. The van der Waals surface area contributed by atoms with Crippen molar-refractivity contribution < 1.29 is 9.59 Å². The summed E-state index contributed by atoms with van der Waals surface area (Å²) in [4.78, 5) is 30.1. The van der Waals surface area contributed by atoms with Gasteiger partial charge in [-0.3, -0.25) is 9.59 Å². The predicted octanol–water partition coefficient (Wildman–Crippen LogP) is 7.46. The van der Waals surface area contributed by atoms with E-state index in [2.05, 4.69) is 88.9 Å². The van der Waals surface area contributed by atoms with Gasteiger partial charge in [0.2, 0.25) is 0 Å². The molecular weight excluding hydrogens is 518 g/mol. The van der Waals surface area contributed by atoms with Gasteiger partial charge in [-0.1, -0.05) is 103 Å². The third-order valence-corrected chi connectivity index (χ3v) is 7.39. The van der Waals surface area contributed by atoms with E-state index in [0.717, 1.165) is 22.4 Å². The van der Waals surface area contributed by atoms with Gasteiger partial charge >= 0.3 is 0 Å². The molecule has 5 rings (SSSR count). The van der Waals surface area contributed by atoms with Crippen LogP contribution in [0.2, 0.25) is 0 Å². The molecular formula is C37H37N3O2. The number of nitrogens with zero attached hydrogens (tertiary/aromatic N) is 2. The molecule has 0 aliphatic rings. The molecule has 0 spiro atoms. The second-order valence-corrected chi connectivity index (χ2v) is 11.6. The first kappa shape index (κ1) is 28.7. The summed E-state index contributed by atoms with van der Waals surface area (Å²) in [6.45, 7) is 5.82. The average Bonchev–Trinajstić information content (AvgIpc) is 3.47. The topological polar surface area (TPSA) is 64.0 Å². The summed E-state index contributed by atoms with van der Waals surface area (Å²) >= 11 is 0. The maximum atomic E-state index is 12.9. The summed E-state index contributed by atoms with van der Waals surface area (Å²) in [5.74, 6) is -0.0842. The van der Waals surface area contributed by atoms with Crippen LogP contribution < -0.4 is 5.32 Å². The van der Waals surface area contributed by atoms with E-state index in [0.29, 0.717) is 30.4 Å². The van der Waals surface area contributed by atoms with E-state index in [1.807, 2.05) is 45.3 Å². The zero-order valence-electron chi connectivity index (χ0n) is 24.5. The van der Waals surface area contributed by atoms with Crippen LogP contribution in [0, 0.1) is 0 Å². The summed E-state index contributed by atoms with van der Waals surface area (Å²) in [6.07, 6.45) is 5.78. The number of carbonyl (C=O) groups is 2. The lowest BCUT2D eigenvalue weighted by atomic mass is 9.77. The Morgan fingerprint density at radius 2 is 1.17 bits per heavy atom. The van der Waals surface area contributed by atoms with E-state index in [1.54, 1.807) is 24.3 Å². The SMILES string of the molecule is CC(C)(C)NC(=O)c1ccc(C(=O)CCCc2cn(C(c3ccccc3)(c3ccccc3)c3ccccc3)cn2)cc1. The molecule has 4 aromatic carbocycles. The minimum Gasteiger partial charge on any atom is -0.347 e. The van der Waals surface area contributed by atoms with Gasteiger partial charge in [0.1, 0.15) is 5.54 Å². The normalized spacial score (nSPS) is 11.7. The average molecular weight is 556 g/mol. The van der Waals surface area contributed by atoms with Crippen molar-refractivity contribution in [1.82, 2.24) is 14.9 Å². The first-order chi connectivity index (χ1) is 20.3. The number of amides is 1. The monoisotopic (exact) mass is 555 g/mol.